The second-order valence-corrected chi connectivity index (χ2v) is 12.3. The number of nitrogens with zero attached hydrogens (tertiary/aromatic N) is 2. The molecule has 2 fully saturated rings. The maximum atomic E-state index is 12.3. The van der Waals surface area contributed by atoms with E-state index in [9.17, 15) is 4.79 Å². The van der Waals surface area contributed by atoms with E-state index in [1.807, 2.05) is 25.7 Å². The second-order valence-electron chi connectivity index (χ2n) is 9.82. The highest BCUT2D eigenvalue weighted by molar-refractivity contribution is 14.1. The largest absolute Gasteiger partial charge is 0.444 e. The summed E-state index contributed by atoms with van der Waals surface area (Å²) in [7, 11) is 0. The maximum absolute atomic E-state index is 12.3. The highest BCUT2D eigenvalue weighted by atomic mass is 127. The monoisotopic (exact) mass is 590 g/mol. The van der Waals surface area contributed by atoms with Crippen molar-refractivity contribution in [3.05, 3.63) is 35.9 Å². The number of rotatable bonds is 5. The Bertz CT molecular complexity index is 674. The van der Waals surface area contributed by atoms with Crippen molar-refractivity contribution in [2.24, 2.45) is 11.8 Å². The van der Waals surface area contributed by atoms with E-state index in [1.54, 1.807) is 0 Å². The zero-order valence-electron chi connectivity index (χ0n) is 18.5. The molecule has 1 amide bonds. The van der Waals surface area contributed by atoms with Crippen molar-refractivity contribution in [1.29, 1.82) is 0 Å². The van der Waals surface area contributed by atoms with Crippen LogP contribution in [-0.4, -0.2) is 56.4 Å². The Morgan fingerprint density at radius 3 is 2.43 bits per heavy atom. The number of amides is 1. The van der Waals surface area contributed by atoms with Crippen LogP contribution < -0.4 is 0 Å². The van der Waals surface area contributed by atoms with E-state index in [2.05, 4.69) is 73.8 Å². The normalized spacial score (nSPS) is 23.8. The molecule has 3 atom stereocenters. The van der Waals surface area contributed by atoms with Crippen LogP contribution in [0.1, 0.15) is 52.0 Å². The Morgan fingerprint density at radius 2 is 1.80 bits per heavy atom. The zero-order valence-corrected chi connectivity index (χ0v) is 22.3. The van der Waals surface area contributed by atoms with Gasteiger partial charge in [0, 0.05) is 34.9 Å². The summed E-state index contributed by atoms with van der Waals surface area (Å²) in [4.78, 5) is 17.4. The lowest BCUT2D eigenvalue weighted by Gasteiger charge is -2.40. The molecule has 0 aromatic heterocycles. The predicted octanol–water partition coefficient (Wildman–Crippen LogP) is 6.11. The summed E-state index contributed by atoms with van der Waals surface area (Å²) in [5.41, 5.74) is 0.984. The van der Waals surface area contributed by atoms with Gasteiger partial charge in [-0.1, -0.05) is 68.9 Å². The minimum absolute atomic E-state index is 0.162. The van der Waals surface area contributed by atoms with Crippen LogP contribution in [0.2, 0.25) is 0 Å². The average Bonchev–Trinajstić information content (AvgIpc) is 2.72. The standard InChI is InChI=1S/C24H36BrIN2O2/c1-24(2,3)30-23(29)28-14-11-19(12-15-28)22(26)21(25)20-10-7-13-27(17-20)16-18-8-5-4-6-9-18/h4-6,8-9,19-22H,7,10-17H2,1-3H3. The summed E-state index contributed by atoms with van der Waals surface area (Å²) >= 11 is 6.76. The number of ether oxygens (including phenoxy) is 1. The fourth-order valence-electron chi connectivity index (χ4n) is 4.58. The number of benzene rings is 1. The van der Waals surface area contributed by atoms with Gasteiger partial charge in [0.15, 0.2) is 0 Å². The van der Waals surface area contributed by atoms with E-state index in [0.717, 1.165) is 32.5 Å². The number of carbonyl (C=O) groups is 1. The second kappa shape index (κ2) is 11.0. The summed E-state index contributed by atoms with van der Waals surface area (Å²) in [5, 5.41) is 0. The molecule has 0 aliphatic carbocycles. The van der Waals surface area contributed by atoms with Crippen molar-refractivity contribution < 1.29 is 9.53 Å². The molecule has 0 radical (unpaired) electrons. The van der Waals surface area contributed by atoms with E-state index in [-0.39, 0.29) is 6.09 Å². The van der Waals surface area contributed by atoms with Crippen molar-refractivity contribution in [3.8, 4) is 0 Å². The molecule has 3 unspecified atom stereocenters. The van der Waals surface area contributed by atoms with E-state index in [0.29, 0.717) is 20.6 Å². The number of halogens is 2. The van der Waals surface area contributed by atoms with E-state index in [4.69, 9.17) is 4.74 Å². The van der Waals surface area contributed by atoms with Gasteiger partial charge in [-0.05, 0) is 70.4 Å². The maximum Gasteiger partial charge on any atom is 0.410 e. The minimum atomic E-state index is -0.423. The van der Waals surface area contributed by atoms with Crippen LogP contribution in [0.3, 0.4) is 0 Å². The number of carbonyl (C=O) groups excluding carboxylic acids is 1. The van der Waals surface area contributed by atoms with Crippen LogP contribution in [0.5, 0.6) is 0 Å². The van der Waals surface area contributed by atoms with Gasteiger partial charge in [-0.25, -0.2) is 4.79 Å². The van der Waals surface area contributed by atoms with Crippen LogP contribution in [0.4, 0.5) is 4.79 Å². The Balaban J connectivity index is 1.48. The highest BCUT2D eigenvalue weighted by Gasteiger charge is 2.36. The Labute approximate surface area is 204 Å². The lowest BCUT2D eigenvalue weighted by molar-refractivity contribution is 0.0182. The summed E-state index contributed by atoms with van der Waals surface area (Å²) in [6.45, 7) is 10.8. The van der Waals surface area contributed by atoms with Crippen LogP contribution in [0, 0.1) is 11.8 Å². The van der Waals surface area contributed by atoms with Gasteiger partial charge in [-0.15, -0.1) is 0 Å². The van der Waals surface area contributed by atoms with Gasteiger partial charge in [0.05, 0.1) is 0 Å². The molecule has 0 saturated carbocycles. The van der Waals surface area contributed by atoms with E-state index < -0.39 is 5.60 Å². The lowest BCUT2D eigenvalue weighted by Crippen LogP contribution is -2.46. The Hall–Kier alpha value is -0.340. The number of alkyl halides is 2. The fraction of sp³-hybridized carbons (Fsp3) is 0.708. The number of piperidine rings is 2. The van der Waals surface area contributed by atoms with Gasteiger partial charge >= 0.3 is 6.09 Å². The van der Waals surface area contributed by atoms with E-state index in [1.165, 1.54) is 31.5 Å². The van der Waals surface area contributed by atoms with Crippen molar-refractivity contribution in [2.75, 3.05) is 26.2 Å². The molecule has 3 rings (SSSR count). The molecule has 2 saturated heterocycles. The lowest BCUT2D eigenvalue weighted by atomic mass is 9.85. The fourth-order valence-corrected chi connectivity index (χ4v) is 6.75. The molecule has 1 aromatic rings. The van der Waals surface area contributed by atoms with E-state index >= 15 is 0 Å². The molecule has 2 aliphatic heterocycles. The molecule has 0 spiro atoms. The highest BCUT2D eigenvalue weighted by Crippen LogP contribution is 2.37. The molecule has 30 heavy (non-hydrogen) atoms. The quantitative estimate of drug-likeness (QED) is 0.306. The third kappa shape index (κ3) is 7.09. The van der Waals surface area contributed by atoms with Crippen molar-refractivity contribution in [1.82, 2.24) is 9.80 Å². The van der Waals surface area contributed by atoms with Gasteiger partial charge in [0.2, 0.25) is 0 Å². The zero-order chi connectivity index (χ0) is 21.7. The van der Waals surface area contributed by atoms with Crippen molar-refractivity contribution in [2.45, 2.75) is 67.4 Å². The topological polar surface area (TPSA) is 32.8 Å². The van der Waals surface area contributed by atoms with Crippen LogP contribution in [-0.2, 0) is 11.3 Å². The molecule has 0 N–H and O–H groups in total. The third-order valence-electron chi connectivity index (χ3n) is 6.19. The Kier molecular flexibility index (Phi) is 8.91. The molecule has 0 bridgehead atoms. The molecule has 6 heteroatoms. The number of hydrogen-bond donors (Lipinski definition) is 0. The minimum Gasteiger partial charge on any atom is -0.444 e. The number of hydrogen-bond acceptors (Lipinski definition) is 3. The van der Waals surface area contributed by atoms with Crippen LogP contribution in [0.25, 0.3) is 0 Å². The molecule has 4 nitrogen and oxygen atoms in total. The van der Waals surface area contributed by atoms with Gasteiger partial charge in [0.25, 0.3) is 0 Å². The summed E-state index contributed by atoms with van der Waals surface area (Å²) in [6, 6.07) is 10.8. The smallest absolute Gasteiger partial charge is 0.410 e. The molecular weight excluding hydrogens is 555 g/mol. The molecule has 2 aliphatic rings. The van der Waals surface area contributed by atoms with Crippen LogP contribution in [0.15, 0.2) is 30.3 Å². The first-order valence-corrected chi connectivity index (χ1v) is 13.4. The predicted molar refractivity (Wildman–Crippen MR) is 135 cm³/mol. The van der Waals surface area contributed by atoms with Crippen molar-refractivity contribution >= 4 is 44.6 Å². The van der Waals surface area contributed by atoms with Crippen molar-refractivity contribution in [3.63, 3.8) is 0 Å². The van der Waals surface area contributed by atoms with Gasteiger partial charge in [0.1, 0.15) is 5.60 Å². The average molecular weight is 591 g/mol. The van der Waals surface area contributed by atoms with Gasteiger partial charge in [-0.2, -0.15) is 0 Å². The molecular formula is C24H36BrIN2O2. The first-order valence-electron chi connectivity index (χ1n) is 11.3. The summed E-state index contributed by atoms with van der Waals surface area (Å²) in [5.74, 6) is 1.34. The third-order valence-corrected chi connectivity index (χ3v) is 10.3. The summed E-state index contributed by atoms with van der Waals surface area (Å²) < 4.78 is 6.13. The van der Waals surface area contributed by atoms with Gasteiger partial charge in [-0.3, -0.25) is 4.90 Å². The van der Waals surface area contributed by atoms with Crippen LogP contribution >= 0.6 is 38.5 Å². The molecule has 1 aromatic carbocycles. The van der Waals surface area contributed by atoms with Gasteiger partial charge < -0.3 is 9.64 Å². The first kappa shape index (κ1) is 24.3. The molecule has 2 heterocycles. The SMILES string of the molecule is CC(C)(C)OC(=O)N1CCC(C(I)C(Br)C2CCCN(Cc3ccccc3)C2)CC1. The molecule has 168 valence electrons. The summed E-state index contributed by atoms with van der Waals surface area (Å²) in [6.07, 6.45) is 4.55. The number of likely N-dealkylation sites (tertiary alicyclic amines) is 2. The Morgan fingerprint density at radius 1 is 1.13 bits per heavy atom. The first-order chi connectivity index (χ1) is 14.2.